The van der Waals surface area contributed by atoms with Gasteiger partial charge >= 0.3 is 0 Å². The molecule has 0 saturated heterocycles. The van der Waals surface area contributed by atoms with E-state index in [2.05, 4.69) is 41.8 Å². The molecule has 2 rings (SSSR count). The van der Waals surface area contributed by atoms with E-state index in [1.165, 1.54) is 0 Å². The van der Waals surface area contributed by atoms with Crippen molar-refractivity contribution in [1.82, 2.24) is 9.97 Å². The Morgan fingerprint density at radius 3 is 2.71 bits per heavy atom. The smallest absolute Gasteiger partial charge is 0.232 e. The highest BCUT2D eigenvalue weighted by molar-refractivity contribution is 9.10. The van der Waals surface area contributed by atoms with Crippen LogP contribution in [0, 0.1) is 0 Å². The van der Waals surface area contributed by atoms with E-state index in [0.717, 1.165) is 10.0 Å². The molecule has 0 saturated carbocycles. The zero-order valence-corrected chi connectivity index (χ0v) is 12.5. The summed E-state index contributed by atoms with van der Waals surface area (Å²) in [6, 6.07) is 7.83. The molecule has 0 fully saturated rings. The van der Waals surface area contributed by atoms with Gasteiger partial charge in [-0.15, -0.1) is 0 Å². The molecule has 88 valence electrons. The van der Waals surface area contributed by atoms with Crippen molar-refractivity contribution in [2.75, 3.05) is 0 Å². The van der Waals surface area contributed by atoms with Crippen LogP contribution in [0.1, 0.15) is 5.56 Å². The van der Waals surface area contributed by atoms with Crippen molar-refractivity contribution in [3.8, 4) is 5.88 Å². The molecule has 1 heterocycles. The van der Waals surface area contributed by atoms with E-state index >= 15 is 0 Å². The molecule has 0 amide bonds. The minimum atomic E-state index is 0.162. The molecule has 0 radical (unpaired) electrons. The van der Waals surface area contributed by atoms with E-state index in [1.54, 1.807) is 6.20 Å². The van der Waals surface area contributed by atoms with Crippen LogP contribution < -0.4 is 4.74 Å². The van der Waals surface area contributed by atoms with Gasteiger partial charge in [0.1, 0.15) is 6.61 Å². The summed E-state index contributed by atoms with van der Waals surface area (Å²) in [5, 5.41) is 0.162. The van der Waals surface area contributed by atoms with Crippen LogP contribution in [0.5, 0.6) is 5.88 Å². The van der Waals surface area contributed by atoms with Crippen molar-refractivity contribution in [3.63, 3.8) is 0 Å². The SMILES string of the molecule is Clc1ncc(Br)c(OCc2ccccc2Br)n1. The third kappa shape index (κ3) is 3.40. The topological polar surface area (TPSA) is 35.0 Å². The largest absolute Gasteiger partial charge is 0.472 e. The van der Waals surface area contributed by atoms with Gasteiger partial charge in [-0.3, -0.25) is 0 Å². The molecule has 0 atom stereocenters. The molecule has 6 heteroatoms. The average Bonchev–Trinajstić information content (AvgIpc) is 2.32. The Hall–Kier alpha value is -0.650. The lowest BCUT2D eigenvalue weighted by molar-refractivity contribution is 0.290. The molecule has 1 aromatic heterocycles. The lowest BCUT2D eigenvalue weighted by Gasteiger charge is -2.08. The van der Waals surface area contributed by atoms with Crippen LogP contribution in [0.15, 0.2) is 39.4 Å². The number of halogens is 3. The Labute approximate surface area is 120 Å². The minimum Gasteiger partial charge on any atom is -0.472 e. The first-order valence-electron chi connectivity index (χ1n) is 4.71. The van der Waals surface area contributed by atoms with Crippen LogP contribution >= 0.6 is 43.5 Å². The molecule has 3 nitrogen and oxygen atoms in total. The fraction of sp³-hybridized carbons (Fsp3) is 0.0909. The number of hydrogen-bond acceptors (Lipinski definition) is 3. The Bertz CT molecular complexity index is 537. The molecule has 0 aliphatic rings. The molecule has 0 bridgehead atoms. The van der Waals surface area contributed by atoms with Gasteiger partial charge in [-0.05, 0) is 33.6 Å². The summed E-state index contributed by atoms with van der Waals surface area (Å²) in [6.07, 6.45) is 1.56. The van der Waals surface area contributed by atoms with Crippen molar-refractivity contribution in [2.45, 2.75) is 6.61 Å². The first-order valence-corrected chi connectivity index (χ1v) is 6.67. The van der Waals surface area contributed by atoms with Gasteiger partial charge in [0.25, 0.3) is 0 Å². The van der Waals surface area contributed by atoms with E-state index < -0.39 is 0 Å². The van der Waals surface area contributed by atoms with Crippen LogP contribution in [-0.4, -0.2) is 9.97 Å². The van der Waals surface area contributed by atoms with Crippen molar-refractivity contribution in [3.05, 3.63) is 50.3 Å². The lowest BCUT2D eigenvalue weighted by atomic mass is 10.2. The predicted octanol–water partition coefficient (Wildman–Crippen LogP) is 4.23. The Kier molecular flexibility index (Phi) is 4.36. The molecule has 0 spiro atoms. The Morgan fingerprint density at radius 2 is 1.94 bits per heavy atom. The third-order valence-corrected chi connectivity index (χ3v) is 3.50. The van der Waals surface area contributed by atoms with E-state index in [-0.39, 0.29) is 5.28 Å². The van der Waals surface area contributed by atoms with Crippen LogP contribution in [-0.2, 0) is 6.61 Å². The number of rotatable bonds is 3. The lowest BCUT2D eigenvalue weighted by Crippen LogP contribution is -1.99. The highest BCUT2D eigenvalue weighted by atomic mass is 79.9. The van der Waals surface area contributed by atoms with Gasteiger partial charge in [0.15, 0.2) is 0 Å². The summed E-state index contributed by atoms with van der Waals surface area (Å²) in [5.41, 5.74) is 1.04. The van der Waals surface area contributed by atoms with Gasteiger partial charge in [0.2, 0.25) is 11.2 Å². The number of nitrogens with zero attached hydrogens (tertiary/aromatic N) is 2. The van der Waals surface area contributed by atoms with Crippen molar-refractivity contribution in [1.29, 1.82) is 0 Å². The van der Waals surface area contributed by atoms with Gasteiger partial charge < -0.3 is 4.74 Å². The monoisotopic (exact) mass is 376 g/mol. The van der Waals surface area contributed by atoms with Crippen molar-refractivity contribution in [2.24, 2.45) is 0 Å². The molecular weight excluding hydrogens is 371 g/mol. The van der Waals surface area contributed by atoms with Gasteiger partial charge in [-0.25, -0.2) is 4.98 Å². The normalized spacial score (nSPS) is 10.3. The third-order valence-electron chi connectivity index (χ3n) is 2.00. The van der Waals surface area contributed by atoms with E-state index in [9.17, 15) is 0 Å². The summed E-state index contributed by atoms with van der Waals surface area (Å²) in [5.74, 6) is 0.431. The van der Waals surface area contributed by atoms with Gasteiger partial charge in [-0.1, -0.05) is 34.1 Å². The second-order valence-corrected chi connectivity index (χ2v) is 5.22. The first kappa shape index (κ1) is 12.8. The van der Waals surface area contributed by atoms with Crippen LogP contribution in [0.25, 0.3) is 0 Å². The fourth-order valence-electron chi connectivity index (χ4n) is 1.19. The summed E-state index contributed by atoms with van der Waals surface area (Å²) < 4.78 is 7.24. The summed E-state index contributed by atoms with van der Waals surface area (Å²) in [6.45, 7) is 0.410. The maximum atomic E-state index is 5.70. The van der Waals surface area contributed by atoms with Crippen LogP contribution in [0.4, 0.5) is 0 Å². The number of ether oxygens (including phenoxy) is 1. The molecule has 0 aliphatic heterocycles. The van der Waals surface area contributed by atoms with Gasteiger partial charge in [-0.2, -0.15) is 4.98 Å². The summed E-state index contributed by atoms with van der Waals surface area (Å²) in [4.78, 5) is 7.82. The average molecular weight is 378 g/mol. The molecule has 0 unspecified atom stereocenters. The molecule has 0 N–H and O–H groups in total. The molecule has 0 aliphatic carbocycles. The second-order valence-electron chi connectivity index (χ2n) is 3.17. The van der Waals surface area contributed by atoms with E-state index in [0.29, 0.717) is 17.0 Å². The molecule has 17 heavy (non-hydrogen) atoms. The highest BCUT2D eigenvalue weighted by Crippen LogP contribution is 2.24. The number of hydrogen-bond donors (Lipinski definition) is 0. The van der Waals surface area contributed by atoms with Crippen molar-refractivity contribution >= 4 is 43.5 Å². The maximum absolute atomic E-state index is 5.70. The number of benzene rings is 1. The zero-order chi connectivity index (χ0) is 12.3. The molecule has 1 aromatic carbocycles. The standard InChI is InChI=1S/C11H7Br2ClN2O/c12-8-4-2-1-3-7(8)6-17-10-9(13)5-15-11(14)16-10/h1-5H,6H2. The maximum Gasteiger partial charge on any atom is 0.232 e. The second kappa shape index (κ2) is 5.80. The molecular formula is C11H7Br2ClN2O. The highest BCUT2D eigenvalue weighted by Gasteiger charge is 2.06. The van der Waals surface area contributed by atoms with Gasteiger partial charge in [0.05, 0.1) is 4.47 Å². The minimum absolute atomic E-state index is 0.162. The van der Waals surface area contributed by atoms with Crippen LogP contribution in [0.3, 0.4) is 0 Å². The molecule has 2 aromatic rings. The predicted molar refractivity (Wildman–Crippen MR) is 73.2 cm³/mol. The fourth-order valence-corrected chi connectivity index (χ4v) is 2.02. The summed E-state index contributed by atoms with van der Waals surface area (Å²) >= 11 is 12.5. The summed E-state index contributed by atoms with van der Waals surface area (Å²) in [7, 11) is 0. The van der Waals surface area contributed by atoms with Crippen LogP contribution in [0.2, 0.25) is 5.28 Å². The quantitative estimate of drug-likeness (QED) is 0.750. The Morgan fingerprint density at radius 1 is 1.18 bits per heavy atom. The van der Waals surface area contributed by atoms with Gasteiger partial charge in [0, 0.05) is 16.2 Å². The zero-order valence-electron chi connectivity index (χ0n) is 8.53. The first-order chi connectivity index (χ1) is 8.16. The van der Waals surface area contributed by atoms with Crippen molar-refractivity contribution < 1.29 is 4.74 Å². The Balaban J connectivity index is 2.12. The number of aromatic nitrogens is 2. The van der Waals surface area contributed by atoms with E-state index in [1.807, 2.05) is 24.3 Å². The van der Waals surface area contributed by atoms with E-state index in [4.69, 9.17) is 16.3 Å².